The van der Waals surface area contributed by atoms with Crippen LogP contribution in [0, 0.1) is 0 Å². The smallest absolute Gasteiger partial charge is 0.252 e. The molecule has 0 aliphatic heterocycles. The van der Waals surface area contributed by atoms with Gasteiger partial charge in [-0.3, -0.25) is 4.79 Å². The van der Waals surface area contributed by atoms with Crippen LogP contribution in [-0.4, -0.2) is 11.9 Å². The molecule has 1 fully saturated rings. The van der Waals surface area contributed by atoms with Gasteiger partial charge in [0, 0.05) is 10.5 Å². The Balaban J connectivity index is 2.06. The zero-order chi connectivity index (χ0) is 9.97. The molecule has 74 valence electrons. The molecule has 1 N–H and O–H groups in total. The standard InChI is InChI=1S/C11H12BrNO/c12-10-7-2-1-6-9(10)11(14)13-8-4-3-5-8/h1-2,6-8H,3-5H2,(H,13,14). The van der Waals surface area contributed by atoms with Crippen LogP contribution in [0.2, 0.25) is 0 Å². The molecule has 3 heteroatoms. The van der Waals surface area contributed by atoms with Crippen molar-refractivity contribution >= 4 is 21.8 Å². The first kappa shape index (κ1) is 9.71. The lowest BCUT2D eigenvalue weighted by atomic mass is 9.93. The van der Waals surface area contributed by atoms with Crippen LogP contribution in [0.4, 0.5) is 0 Å². The lowest BCUT2D eigenvalue weighted by molar-refractivity contribution is 0.0916. The maximum absolute atomic E-state index is 11.7. The second kappa shape index (κ2) is 4.13. The molecule has 1 saturated carbocycles. The minimum atomic E-state index is 0.0298. The van der Waals surface area contributed by atoms with Crippen LogP contribution in [0.3, 0.4) is 0 Å². The Bertz CT molecular complexity index is 347. The predicted molar refractivity (Wildman–Crippen MR) is 59.2 cm³/mol. The molecule has 0 bridgehead atoms. The first-order chi connectivity index (χ1) is 6.77. The number of hydrogen-bond acceptors (Lipinski definition) is 1. The molecule has 1 aromatic carbocycles. The highest BCUT2D eigenvalue weighted by atomic mass is 79.9. The molecular formula is C11H12BrNO. The van der Waals surface area contributed by atoms with Crippen molar-refractivity contribution in [2.24, 2.45) is 0 Å². The fraction of sp³-hybridized carbons (Fsp3) is 0.364. The molecule has 2 rings (SSSR count). The van der Waals surface area contributed by atoms with Crippen LogP contribution >= 0.6 is 15.9 Å². The van der Waals surface area contributed by atoms with Gasteiger partial charge in [-0.15, -0.1) is 0 Å². The molecule has 14 heavy (non-hydrogen) atoms. The van der Waals surface area contributed by atoms with Gasteiger partial charge in [0.15, 0.2) is 0 Å². The summed E-state index contributed by atoms with van der Waals surface area (Å²) in [5, 5.41) is 3.00. The lowest BCUT2D eigenvalue weighted by Crippen LogP contribution is -2.39. The molecule has 1 aromatic rings. The van der Waals surface area contributed by atoms with Gasteiger partial charge in [0.2, 0.25) is 0 Å². The van der Waals surface area contributed by atoms with Gasteiger partial charge in [0.05, 0.1) is 5.56 Å². The van der Waals surface area contributed by atoms with E-state index in [1.165, 1.54) is 6.42 Å². The zero-order valence-corrected chi connectivity index (χ0v) is 9.38. The van der Waals surface area contributed by atoms with Crippen molar-refractivity contribution in [1.82, 2.24) is 5.32 Å². The molecule has 0 radical (unpaired) electrons. The molecule has 0 unspecified atom stereocenters. The van der Waals surface area contributed by atoms with Gasteiger partial charge >= 0.3 is 0 Å². The van der Waals surface area contributed by atoms with Crippen molar-refractivity contribution in [2.45, 2.75) is 25.3 Å². The van der Waals surface area contributed by atoms with Crippen LogP contribution in [0.15, 0.2) is 28.7 Å². The zero-order valence-electron chi connectivity index (χ0n) is 7.79. The SMILES string of the molecule is O=C(NC1CCC1)c1ccccc1Br. The summed E-state index contributed by atoms with van der Waals surface area (Å²) in [5.74, 6) is 0.0298. The van der Waals surface area contributed by atoms with Crippen molar-refractivity contribution in [3.63, 3.8) is 0 Å². The van der Waals surface area contributed by atoms with E-state index in [0.29, 0.717) is 6.04 Å². The van der Waals surface area contributed by atoms with Gasteiger partial charge in [0.25, 0.3) is 5.91 Å². The van der Waals surface area contributed by atoms with E-state index in [2.05, 4.69) is 21.2 Å². The Kier molecular flexibility index (Phi) is 2.87. The van der Waals surface area contributed by atoms with Gasteiger partial charge in [-0.1, -0.05) is 12.1 Å². The van der Waals surface area contributed by atoms with E-state index in [9.17, 15) is 4.79 Å². The average molecular weight is 254 g/mol. The van der Waals surface area contributed by atoms with Gasteiger partial charge in [0.1, 0.15) is 0 Å². The fourth-order valence-corrected chi connectivity index (χ4v) is 1.93. The summed E-state index contributed by atoms with van der Waals surface area (Å²) in [6, 6.07) is 7.90. The fourth-order valence-electron chi connectivity index (χ4n) is 1.46. The Morgan fingerprint density at radius 1 is 1.36 bits per heavy atom. The third kappa shape index (κ3) is 1.98. The normalized spacial score (nSPS) is 16.1. The van der Waals surface area contributed by atoms with E-state index >= 15 is 0 Å². The average Bonchev–Trinajstić information content (AvgIpc) is 2.12. The summed E-state index contributed by atoms with van der Waals surface area (Å²) in [6.45, 7) is 0. The minimum absolute atomic E-state index is 0.0298. The molecule has 1 aliphatic rings. The summed E-state index contributed by atoms with van der Waals surface area (Å²) in [5.41, 5.74) is 0.722. The van der Waals surface area contributed by atoms with Crippen LogP contribution < -0.4 is 5.32 Å². The maximum Gasteiger partial charge on any atom is 0.252 e. The number of rotatable bonds is 2. The molecule has 0 heterocycles. The molecule has 2 nitrogen and oxygen atoms in total. The first-order valence-electron chi connectivity index (χ1n) is 4.83. The largest absolute Gasteiger partial charge is 0.349 e. The van der Waals surface area contributed by atoms with Gasteiger partial charge < -0.3 is 5.32 Å². The topological polar surface area (TPSA) is 29.1 Å². The predicted octanol–water partition coefficient (Wildman–Crippen LogP) is 2.73. The molecule has 0 atom stereocenters. The Labute approximate surface area is 91.8 Å². The molecule has 1 aliphatic carbocycles. The molecule has 0 aromatic heterocycles. The number of amides is 1. The maximum atomic E-state index is 11.7. The Morgan fingerprint density at radius 3 is 2.64 bits per heavy atom. The van der Waals surface area contributed by atoms with Gasteiger partial charge in [-0.2, -0.15) is 0 Å². The summed E-state index contributed by atoms with van der Waals surface area (Å²) in [7, 11) is 0. The molecule has 0 spiro atoms. The van der Waals surface area contributed by atoms with Gasteiger partial charge in [-0.05, 0) is 47.3 Å². The van der Waals surface area contributed by atoms with E-state index in [-0.39, 0.29) is 5.91 Å². The lowest BCUT2D eigenvalue weighted by Gasteiger charge is -2.26. The highest BCUT2D eigenvalue weighted by Crippen LogP contribution is 2.20. The number of carbonyl (C=O) groups is 1. The quantitative estimate of drug-likeness (QED) is 0.863. The second-order valence-electron chi connectivity index (χ2n) is 3.58. The van der Waals surface area contributed by atoms with Crippen LogP contribution in [0.5, 0.6) is 0 Å². The number of hydrogen-bond donors (Lipinski definition) is 1. The van der Waals surface area contributed by atoms with E-state index in [0.717, 1.165) is 22.9 Å². The van der Waals surface area contributed by atoms with E-state index in [4.69, 9.17) is 0 Å². The summed E-state index contributed by atoms with van der Waals surface area (Å²) < 4.78 is 0.858. The summed E-state index contributed by atoms with van der Waals surface area (Å²) >= 11 is 3.37. The molecule has 1 amide bonds. The highest BCUT2D eigenvalue weighted by Gasteiger charge is 2.20. The first-order valence-corrected chi connectivity index (χ1v) is 5.62. The van der Waals surface area contributed by atoms with Gasteiger partial charge in [-0.25, -0.2) is 0 Å². The number of nitrogens with one attached hydrogen (secondary N) is 1. The van der Waals surface area contributed by atoms with E-state index in [1.807, 2.05) is 24.3 Å². The van der Waals surface area contributed by atoms with Crippen molar-refractivity contribution in [1.29, 1.82) is 0 Å². The van der Waals surface area contributed by atoms with Crippen LogP contribution in [0.1, 0.15) is 29.6 Å². The molecular weight excluding hydrogens is 242 g/mol. The highest BCUT2D eigenvalue weighted by molar-refractivity contribution is 9.10. The third-order valence-corrected chi connectivity index (χ3v) is 3.25. The van der Waals surface area contributed by atoms with Crippen LogP contribution in [-0.2, 0) is 0 Å². The van der Waals surface area contributed by atoms with Crippen molar-refractivity contribution in [2.75, 3.05) is 0 Å². The second-order valence-corrected chi connectivity index (χ2v) is 4.44. The monoisotopic (exact) mass is 253 g/mol. The Morgan fingerprint density at radius 2 is 2.07 bits per heavy atom. The van der Waals surface area contributed by atoms with Crippen molar-refractivity contribution < 1.29 is 4.79 Å². The van der Waals surface area contributed by atoms with Crippen LogP contribution in [0.25, 0.3) is 0 Å². The number of halogens is 1. The minimum Gasteiger partial charge on any atom is -0.349 e. The number of carbonyl (C=O) groups excluding carboxylic acids is 1. The van der Waals surface area contributed by atoms with E-state index < -0.39 is 0 Å². The number of benzene rings is 1. The van der Waals surface area contributed by atoms with Crippen molar-refractivity contribution in [3.8, 4) is 0 Å². The molecule has 0 saturated heterocycles. The third-order valence-electron chi connectivity index (χ3n) is 2.56. The summed E-state index contributed by atoms with van der Waals surface area (Å²) in [6.07, 6.45) is 3.48. The van der Waals surface area contributed by atoms with E-state index in [1.54, 1.807) is 0 Å². The van der Waals surface area contributed by atoms with Crippen molar-refractivity contribution in [3.05, 3.63) is 34.3 Å². The Hall–Kier alpha value is -0.830. The summed E-state index contributed by atoms with van der Waals surface area (Å²) in [4.78, 5) is 11.7.